The molecule has 1 saturated carbocycles. The van der Waals surface area contributed by atoms with Crippen LogP contribution in [0.3, 0.4) is 0 Å². The summed E-state index contributed by atoms with van der Waals surface area (Å²) in [5.41, 5.74) is 3.20. The van der Waals surface area contributed by atoms with E-state index in [0.717, 1.165) is 12.8 Å². The molecule has 4 atom stereocenters. The van der Waals surface area contributed by atoms with E-state index in [2.05, 4.69) is 54.4 Å². The van der Waals surface area contributed by atoms with Crippen LogP contribution < -0.4 is 0 Å². The van der Waals surface area contributed by atoms with E-state index in [-0.39, 0.29) is 23.5 Å². The van der Waals surface area contributed by atoms with Crippen molar-refractivity contribution in [1.29, 1.82) is 0 Å². The number of nitrogens with zero attached hydrogens (tertiary/aromatic N) is 2. The standard InChI is InChI=1S/C25H32N2O3/c1-16-8-7-11-27-20(12-16)17-9-5-6-10-18(17)21(27)19-13-25(22(19)28)14-26(15-25)23(29)30-24(2,3)4/h5-7,9-12,16,19,21-22,28H,8,13-15H2,1-4H3. The number of hydrogen-bond acceptors (Lipinski definition) is 4. The lowest BCUT2D eigenvalue weighted by atomic mass is 9.53. The number of fused-ring (bicyclic) bond motifs is 3. The third-order valence-corrected chi connectivity index (χ3v) is 7.09. The van der Waals surface area contributed by atoms with Crippen LogP contribution in [0.15, 0.2) is 42.6 Å². The Balaban J connectivity index is 1.34. The van der Waals surface area contributed by atoms with Crippen LogP contribution in [-0.4, -0.2) is 45.8 Å². The Morgan fingerprint density at radius 2 is 1.97 bits per heavy atom. The molecule has 1 aromatic carbocycles. The third kappa shape index (κ3) is 2.97. The van der Waals surface area contributed by atoms with Gasteiger partial charge < -0.3 is 19.6 Å². The number of carbonyl (C=O) groups excluding carboxylic acids is 1. The maximum atomic E-state index is 12.3. The average Bonchev–Trinajstić information content (AvgIpc) is 2.78. The molecule has 1 aromatic rings. The Bertz CT molecular complexity index is 923. The summed E-state index contributed by atoms with van der Waals surface area (Å²) in [7, 11) is 0. The maximum Gasteiger partial charge on any atom is 0.410 e. The molecule has 0 aromatic heterocycles. The summed E-state index contributed by atoms with van der Waals surface area (Å²) >= 11 is 0. The van der Waals surface area contributed by atoms with Crippen LogP contribution in [0.1, 0.15) is 57.7 Å². The number of ether oxygens (including phenoxy) is 1. The van der Waals surface area contributed by atoms with Crippen LogP contribution in [0.2, 0.25) is 0 Å². The highest BCUT2D eigenvalue weighted by Gasteiger charge is 2.64. The molecule has 1 saturated heterocycles. The molecule has 1 aliphatic carbocycles. The van der Waals surface area contributed by atoms with Crippen molar-refractivity contribution in [3.63, 3.8) is 0 Å². The Kier molecular flexibility index (Phi) is 4.34. The summed E-state index contributed by atoms with van der Waals surface area (Å²) in [6.07, 6.45) is 8.11. The van der Waals surface area contributed by atoms with Gasteiger partial charge in [-0.3, -0.25) is 0 Å². The fraction of sp³-hybridized carbons (Fsp3) is 0.560. The number of aliphatic hydroxyl groups is 1. The van der Waals surface area contributed by atoms with E-state index in [9.17, 15) is 9.90 Å². The first kappa shape index (κ1) is 19.7. The van der Waals surface area contributed by atoms with Gasteiger partial charge in [0.25, 0.3) is 0 Å². The second-order valence-electron chi connectivity index (χ2n) is 10.6. The van der Waals surface area contributed by atoms with Crippen LogP contribution in [-0.2, 0) is 4.74 Å². The predicted molar refractivity (Wildman–Crippen MR) is 116 cm³/mol. The van der Waals surface area contributed by atoms with Gasteiger partial charge in [-0.1, -0.05) is 43.3 Å². The van der Waals surface area contributed by atoms with E-state index in [1.807, 2.05) is 20.8 Å². The van der Waals surface area contributed by atoms with E-state index in [1.54, 1.807) is 4.90 Å². The highest BCUT2D eigenvalue weighted by Crippen LogP contribution is 2.60. The van der Waals surface area contributed by atoms with Crippen molar-refractivity contribution in [2.75, 3.05) is 13.1 Å². The lowest BCUT2D eigenvalue weighted by molar-refractivity contribution is -0.202. The van der Waals surface area contributed by atoms with Crippen LogP contribution in [0.5, 0.6) is 0 Å². The molecular formula is C25H32N2O3. The lowest BCUT2D eigenvalue weighted by Gasteiger charge is -2.63. The molecule has 0 radical (unpaired) electrons. The summed E-state index contributed by atoms with van der Waals surface area (Å²) in [4.78, 5) is 16.4. The Labute approximate surface area is 179 Å². The zero-order chi connectivity index (χ0) is 21.3. The zero-order valence-corrected chi connectivity index (χ0v) is 18.3. The Morgan fingerprint density at radius 3 is 2.67 bits per heavy atom. The fourth-order valence-electron chi connectivity index (χ4n) is 5.70. The first-order chi connectivity index (χ1) is 14.2. The van der Waals surface area contributed by atoms with Crippen molar-refractivity contribution in [3.05, 3.63) is 53.7 Å². The summed E-state index contributed by atoms with van der Waals surface area (Å²) < 4.78 is 5.49. The lowest BCUT2D eigenvalue weighted by Crippen LogP contribution is -2.72. The average molecular weight is 409 g/mol. The van der Waals surface area contributed by atoms with Gasteiger partial charge in [0.05, 0.1) is 12.1 Å². The molecule has 3 heterocycles. The van der Waals surface area contributed by atoms with Crippen LogP contribution in [0.4, 0.5) is 4.79 Å². The Hall–Kier alpha value is -2.27. The summed E-state index contributed by atoms with van der Waals surface area (Å²) in [6, 6.07) is 8.77. The second kappa shape index (κ2) is 6.61. The van der Waals surface area contributed by atoms with E-state index in [1.165, 1.54) is 16.8 Å². The Morgan fingerprint density at radius 1 is 1.23 bits per heavy atom. The molecule has 5 nitrogen and oxygen atoms in total. The van der Waals surface area contributed by atoms with Crippen molar-refractivity contribution in [3.8, 4) is 0 Å². The molecule has 30 heavy (non-hydrogen) atoms. The number of allylic oxidation sites excluding steroid dienone is 2. The minimum atomic E-state index is -0.493. The monoisotopic (exact) mass is 408 g/mol. The third-order valence-electron chi connectivity index (χ3n) is 7.09. The van der Waals surface area contributed by atoms with Gasteiger partial charge in [-0.2, -0.15) is 0 Å². The van der Waals surface area contributed by atoms with E-state index in [4.69, 9.17) is 4.74 Å². The molecule has 1 N–H and O–H groups in total. The first-order valence-electron chi connectivity index (χ1n) is 11.1. The summed E-state index contributed by atoms with van der Waals surface area (Å²) in [5.74, 6) is 0.663. The highest BCUT2D eigenvalue weighted by atomic mass is 16.6. The molecule has 1 amide bonds. The van der Waals surface area contributed by atoms with Gasteiger partial charge in [0.15, 0.2) is 0 Å². The van der Waals surface area contributed by atoms with Gasteiger partial charge in [-0.25, -0.2) is 4.79 Å². The van der Waals surface area contributed by atoms with Crippen molar-refractivity contribution in [1.82, 2.24) is 9.80 Å². The predicted octanol–water partition coefficient (Wildman–Crippen LogP) is 4.56. The van der Waals surface area contributed by atoms with Crippen molar-refractivity contribution < 1.29 is 14.6 Å². The fourth-order valence-corrected chi connectivity index (χ4v) is 5.70. The summed E-state index contributed by atoms with van der Waals surface area (Å²) in [5, 5.41) is 11.3. The molecule has 3 aliphatic heterocycles. The molecule has 5 rings (SSSR count). The largest absolute Gasteiger partial charge is 0.444 e. The number of benzene rings is 1. The van der Waals surface area contributed by atoms with Crippen LogP contribution in [0, 0.1) is 17.3 Å². The van der Waals surface area contributed by atoms with E-state index >= 15 is 0 Å². The SMILES string of the molecule is CC1C=C2c3ccccc3C(C3CC4(CN(C(=O)OC(C)(C)C)C4)C3O)N2C=CC1. The maximum absolute atomic E-state index is 12.3. The summed E-state index contributed by atoms with van der Waals surface area (Å²) in [6.45, 7) is 9.07. The topological polar surface area (TPSA) is 53.0 Å². The normalized spacial score (nSPS) is 31.3. The number of amides is 1. The minimum absolute atomic E-state index is 0.158. The minimum Gasteiger partial charge on any atom is -0.444 e. The number of likely N-dealkylation sites (tertiary alicyclic amines) is 1. The van der Waals surface area contributed by atoms with E-state index < -0.39 is 11.7 Å². The number of carbonyl (C=O) groups is 1. The molecule has 1 spiro atoms. The second-order valence-corrected chi connectivity index (χ2v) is 10.6. The zero-order valence-electron chi connectivity index (χ0n) is 18.3. The van der Waals surface area contributed by atoms with Gasteiger partial charge in [-0.05, 0) is 45.1 Å². The van der Waals surface area contributed by atoms with Crippen molar-refractivity contribution >= 4 is 11.8 Å². The molecule has 5 heteroatoms. The number of hydrogen-bond donors (Lipinski definition) is 1. The van der Waals surface area contributed by atoms with Crippen LogP contribution in [0.25, 0.3) is 5.70 Å². The highest BCUT2D eigenvalue weighted by molar-refractivity contribution is 5.74. The van der Waals surface area contributed by atoms with Gasteiger partial charge in [0.1, 0.15) is 5.60 Å². The molecule has 0 bridgehead atoms. The number of aliphatic hydroxyl groups excluding tert-OH is 1. The smallest absolute Gasteiger partial charge is 0.410 e. The molecule has 160 valence electrons. The van der Waals surface area contributed by atoms with Crippen molar-refractivity contribution in [2.45, 2.75) is 58.3 Å². The number of rotatable bonds is 1. The van der Waals surface area contributed by atoms with E-state index in [0.29, 0.717) is 19.0 Å². The van der Waals surface area contributed by atoms with Gasteiger partial charge in [0, 0.05) is 41.9 Å². The quantitative estimate of drug-likeness (QED) is 0.740. The molecule has 4 unspecified atom stereocenters. The molecule has 2 fully saturated rings. The van der Waals surface area contributed by atoms with Gasteiger partial charge in [0.2, 0.25) is 0 Å². The first-order valence-corrected chi connectivity index (χ1v) is 11.1. The van der Waals surface area contributed by atoms with Gasteiger partial charge >= 0.3 is 6.09 Å². The molecular weight excluding hydrogens is 376 g/mol. The van der Waals surface area contributed by atoms with Crippen molar-refractivity contribution in [2.24, 2.45) is 17.3 Å². The van der Waals surface area contributed by atoms with Crippen LogP contribution >= 0.6 is 0 Å². The van der Waals surface area contributed by atoms with Gasteiger partial charge in [-0.15, -0.1) is 0 Å². The molecule has 4 aliphatic rings.